The maximum Gasteiger partial charge on any atom is 0.269 e. The van der Waals surface area contributed by atoms with Gasteiger partial charge in [0.1, 0.15) is 5.78 Å². The van der Waals surface area contributed by atoms with Crippen LogP contribution in [0.2, 0.25) is 0 Å². The van der Waals surface area contributed by atoms with Crippen LogP contribution in [0.4, 0.5) is 5.69 Å². The van der Waals surface area contributed by atoms with Gasteiger partial charge in [-0.3, -0.25) is 14.9 Å². The minimum absolute atomic E-state index is 0.0458. The molecule has 4 heteroatoms. The van der Waals surface area contributed by atoms with Crippen LogP contribution in [-0.4, -0.2) is 10.7 Å². The van der Waals surface area contributed by atoms with Crippen LogP contribution < -0.4 is 0 Å². The zero-order chi connectivity index (χ0) is 12.7. The van der Waals surface area contributed by atoms with E-state index in [1.807, 2.05) is 13.8 Å². The van der Waals surface area contributed by atoms with E-state index in [1.54, 1.807) is 19.1 Å². The van der Waals surface area contributed by atoms with Crippen LogP contribution in [0.1, 0.15) is 39.2 Å². The van der Waals surface area contributed by atoms with E-state index in [2.05, 4.69) is 0 Å². The van der Waals surface area contributed by atoms with Gasteiger partial charge in [-0.05, 0) is 12.5 Å². The fraction of sp³-hybridized carbons (Fsp3) is 0.417. The van der Waals surface area contributed by atoms with Crippen LogP contribution >= 0.6 is 0 Å². The topological polar surface area (TPSA) is 60.2 Å². The van der Waals surface area contributed by atoms with E-state index in [9.17, 15) is 14.9 Å². The molecule has 0 aliphatic rings. The van der Waals surface area contributed by atoms with Gasteiger partial charge in [0.05, 0.1) is 4.92 Å². The van der Waals surface area contributed by atoms with Gasteiger partial charge >= 0.3 is 0 Å². The molecule has 0 radical (unpaired) electrons. The number of ketones is 1. The Balaban J connectivity index is 0.00000106. The van der Waals surface area contributed by atoms with Crippen molar-refractivity contribution in [2.45, 2.75) is 33.6 Å². The third-order valence-electron chi connectivity index (χ3n) is 2.21. The highest BCUT2D eigenvalue weighted by atomic mass is 16.6. The molecule has 1 unspecified atom stereocenters. The molecule has 1 atom stereocenters. The number of Topliss-reactive ketones (excluding diaryl/α,β-unsaturated/α-hetero) is 1. The average Bonchev–Trinajstić information content (AvgIpc) is 2.30. The lowest BCUT2D eigenvalue weighted by Gasteiger charge is -2.06. The van der Waals surface area contributed by atoms with E-state index in [0.29, 0.717) is 0 Å². The molecule has 1 aromatic rings. The van der Waals surface area contributed by atoms with Gasteiger partial charge in [-0.1, -0.05) is 32.9 Å². The Hall–Kier alpha value is -1.71. The van der Waals surface area contributed by atoms with Crippen molar-refractivity contribution in [1.29, 1.82) is 0 Å². The van der Waals surface area contributed by atoms with Crippen LogP contribution in [-0.2, 0) is 4.79 Å². The standard InChI is InChI=1S/C10H11NO3.C2H6/c1-7(8(2)12)9-3-5-10(6-4-9)11(13)14;1-2/h3-7H,1-2H3;1-2H3. The van der Waals surface area contributed by atoms with Crippen molar-refractivity contribution < 1.29 is 9.72 Å². The lowest BCUT2D eigenvalue weighted by atomic mass is 9.98. The van der Waals surface area contributed by atoms with E-state index in [-0.39, 0.29) is 17.4 Å². The lowest BCUT2D eigenvalue weighted by Crippen LogP contribution is -2.03. The molecule has 0 spiro atoms. The van der Waals surface area contributed by atoms with E-state index in [0.717, 1.165) is 5.56 Å². The number of rotatable bonds is 3. The van der Waals surface area contributed by atoms with Crippen molar-refractivity contribution >= 4 is 11.5 Å². The molecule has 4 nitrogen and oxygen atoms in total. The first-order chi connectivity index (χ1) is 7.52. The smallest absolute Gasteiger partial charge is 0.269 e. The molecule has 1 aromatic carbocycles. The molecule has 0 aromatic heterocycles. The first-order valence-electron chi connectivity index (χ1n) is 5.27. The van der Waals surface area contributed by atoms with Crippen molar-refractivity contribution in [3.05, 3.63) is 39.9 Å². The zero-order valence-corrected chi connectivity index (χ0v) is 10.1. The number of hydrogen-bond donors (Lipinski definition) is 0. The predicted molar refractivity (Wildman–Crippen MR) is 63.5 cm³/mol. The Morgan fingerprint density at radius 3 is 2.00 bits per heavy atom. The molecule has 16 heavy (non-hydrogen) atoms. The summed E-state index contributed by atoms with van der Waals surface area (Å²) >= 11 is 0. The number of non-ortho nitro benzene ring substituents is 1. The van der Waals surface area contributed by atoms with Crippen molar-refractivity contribution in [2.75, 3.05) is 0 Å². The fourth-order valence-electron chi connectivity index (χ4n) is 1.12. The summed E-state index contributed by atoms with van der Waals surface area (Å²) < 4.78 is 0. The monoisotopic (exact) mass is 223 g/mol. The molecule has 0 fully saturated rings. The van der Waals surface area contributed by atoms with Gasteiger partial charge in [-0.25, -0.2) is 0 Å². The maximum atomic E-state index is 11.0. The van der Waals surface area contributed by atoms with Gasteiger partial charge in [-0.15, -0.1) is 0 Å². The quantitative estimate of drug-likeness (QED) is 0.583. The van der Waals surface area contributed by atoms with E-state index in [4.69, 9.17) is 0 Å². The largest absolute Gasteiger partial charge is 0.299 e. The number of hydrogen-bond acceptors (Lipinski definition) is 3. The number of carbonyl (C=O) groups excluding carboxylic acids is 1. The van der Waals surface area contributed by atoms with Crippen molar-refractivity contribution in [3.8, 4) is 0 Å². The molecule has 0 heterocycles. The van der Waals surface area contributed by atoms with Crippen LogP contribution in [0, 0.1) is 10.1 Å². The van der Waals surface area contributed by atoms with Gasteiger partial charge in [0, 0.05) is 18.1 Å². The van der Waals surface area contributed by atoms with Crippen LogP contribution in [0.25, 0.3) is 0 Å². The second kappa shape index (κ2) is 6.71. The molecule has 88 valence electrons. The van der Waals surface area contributed by atoms with Gasteiger partial charge in [-0.2, -0.15) is 0 Å². The molecule has 0 bridgehead atoms. The summed E-state index contributed by atoms with van der Waals surface area (Å²) in [7, 11) is 0. The SMILES string of the molecule is CC.CC(=O)C(C)c1ccc([N+](=O)[O-])cc1. The van der Waals surface area contributed by atoms with Gasteiger partial charge in [0.25, 0.3) is 5.69 Å². The first-order valence-corrected chi connectivity index (χ1v) is 5.27. The van der Waals surface area contributed by atoms with Gasteiger partial charge in [0.2, 0.25) is 0 Å². The first kappa shape index (κ1) is 14.3. The zero-order valence-electron chi connectivity index (χ0n) is 10.1. The second-order valence-electron chi connectivity index (χ2n) is 3.18. The number of nitrogens with zero attached hydrogens (tertiary/aromatic N) is 1. The summed E-state index contributed by atoms with van der Waals surface area (Å²) in [6.07, 6.45) is 0. The summed E-state index contributed by atoms with van der Waals surface area (Å²) in [5.41, 5.74) is 0.854. The Labute approximate surface area is 95.4 Å². The normalized spacial score (nSPS) is 11.0. The molecular formula is C12H17NO3. The van der Waals surface area contributed by atoms with E-state index >= 15 is 0 Å². The third-order valence-corrected chi connectivity index (χ3v) is 2.21. The fourth-order valence-corrected chi connectivity index (χ4v) is 1.12. The minimum Gasteiger partial charge on any atom is -0.299 e. The van der Waals surface area contributed by atoms with Crippen molar-refractivity contribution in [3.63, 3.8) is 0 Å². The molecule has 0 saturated carbocycles. The van der Waals surface area contributed by atoms with Gasteiger partial charge < -0.3 is 0 Å². The number of nitro groups is 1. The van der Waals surface area contributed by atoms with Crippen LogP contribution in [0.3, 0.4) is 0 Å². The lowest BCUT2D eigenvalue weighted by molar-refractivity contribution is -0.384. The number of benzene rings is 1. The second-order valence-corrected chi connectivity index (χ2v) is 3.18. The van der Waals surface area contributed by atoms with E-state index in [1.165, 1.54) is 19.1 Å². The summed E-state index contributed by atoms with van der Waals surface area (Å²) in [5, 5.41) is 10.4. The summed E-state index contributed by atoms with van der Waals surface area (Å²) in [5.74, 6) is -0.144. The molecule has 1 rings (SSSR count). The highest BCUT2D eigenvalue weighted by Crippen LogP contribution is 2.19. The summed E-state index contributed by atoms with van der Waals surface area (Å²) in [6, 6.07) is 6.05. The molecular weight excluding hydrogens is 206 g/mol. The Bertz CT molecular complexity index is 357. The minimum atomic E-state index is -0.456. The Morgan fingerprint density at radius 2 is 1.69 bits per heavy atom. The number of carbonyl (C=O) groups is 1. The average molecular weight is 223 g/mol. The number of nitro benzene ring substituents is 1. The Kier molecular flexibility index (Phi) is 6.00. The predicted octanol–water partition coefficient (Wildman–Crippen LogP) is 3.31. The molecule has 0 N–H and O–H groups in total. The van der Waals surface area contributed by atoms with Gasteiger partial charge in [0.15, 0.2) is 0 Å². The molecule has 0 aliphatic heterocycles. The van der Waals surface area contributed by atoms with Crippen molar-refractivity contribution in [2.24, 2.45) is 0 Å². The molecule has 0 saturated heterocycles. The molecule has 0 aliphatic carbocycles. The maximum absolute atomic E-state index is 11.0. The van der Waals surface area contributed by atoms with Crippen molar-refractivity contribution in [1.82, 2.24) is 0 Å². The highest BCUT2D eigenvalue weighted by molar-refractivity contribution is 5.82. The summed E-state index contributed by atoms with van der Waals surface area (Å²) in [4.78, 5) is 20.9. The van der Waals surface area contributed by atoms with Crippen LogP contribution in [0.15, 0.2) is 24.3 Å². The van der Waals surface area contributed by atoms with E-state index < -0.39 is 4.92 Å². The Morgan fingerprint density at radius 1 is 1.25 bits per heavy atom. The third kappa shape index (κ3) is 3.81. The highest BCUT2D eigenvalue weighted by Gasteiger charge is 2.11. The van der Waals surface area contributed by atoms with Crippen LogP contribution in [0.5, 0.6) is 0 Å². The summed E-state index contributed by atoms with van der Waals surface area (Å²) in [6.45, 7) is 7.29. The molecule has 0 amide bonds.